The highest BCUT2D eigenvalue weighted by molar-refractivity contribution is 7.88. The minimum atomic E-state index is -3.35. The molecule has 1 aliphatic rings. The van der Waals surface area contributed by atoms with E-state index in [0.29, 0.717) is 32.5 Å². The number of aryl methyl sites for hydroxylation is 1. The number of aromatic nitrogens is 1. The molecule has 1 aliphatic heterocycles. The fourth-order valence-corrected chi connectivity index (χ4v) is 5.71. The molecule has 2 heterocycles. The Hall–Kier alpha value is -1.77. The number of hydrogen-bond donors (Lipinski definition) is 0. The highest BCUT2D eigenvalue weighted by Gasteiger charge is 2.32. The molecule has 0 atom stereocenters. The Labute approximate surface area is 164 Å². The van der Waals surface area contributed by atoms with Gasteiger partial charge in [0.1, 0.15) is 5.01 Å². The summed E-state index contributed by atoms with van der Waals surface area (Å²) in [6.07, 6.45) is 1.13. The van der Waals surface area contributed by atoms with Crippen molar-refractivity contribution < 1.29 is 13.2 Å². The fourth-order valence-electron chi connectivity index (χ4n) is 3.32. The van der Waals surface area contributed by atoms with Crippen LogP contribution in [0.3, 0.4) is 0 Å². The molecule has 0 radical (unpaired) electrons. The molecule has 8 heteroatoms. The Kier molecular flexibility index (Phi) is 6.29. The van der Waals surface area contributed by atoms with Gasteiger partial charge in [-0.15, -0.1) is 11.3 Å². The third kappa shape index (κ3) is 5.15. The number of carbonyl (C=O) groups is 1. The van der Waals surface area contributed by atoms with Crippen LogP contribution in [0.15, 0.2) is 35.7 Å². The summed E-state index contributed by atoms with van der Waals surface area (Å²) in [5.41, 5.74) is 1.75. The molecule has 1 fully saturated rings. The maximum Gasteiger partial charge on any atom is 0.225 e. The van der Waals surface area contributed by atoms with Crippen molar-refractivity contribution in [3.63, 3.8) is 0 Å². The van der Waals surface area contributed by atoms with Crippen molar-refractivity contribution in [2.45, 2.75) is 32.1 Å². The van der Waals surface area contributed by atoms with E-state index in [4.69, 9.17) is 0 Å². The van der Waals surface area contributed by atoms with Gasteiger partial charge in [-0.1, -0.05) is 30.3 Å². The van der Waals surface area contributed by atoms with E-state index in [-0.39, 0.29) is 17.6 Å². The van der Waals surface area contributed by atoms with Crippen molar-refractivity contribution in [2.75, 3.05) is 20.1 Å². The molecule has 6 nitrogen and oxygen atoms in total. The van der Waals surface area contributed by atoms with E-state index < -0.39 is 10.0 Å². The van der Waals surface area contributed by atoms with Gasteiger partial charge in [-0.05, 0) is 25.3 Å². The largest absolute Gasteiger partial charge is 0.339 e. The maximum atomic E-state index is 12.7. The van der Waals surface area contributed by atoms with Crippen molar-refractivity contribution >= 4 is 27.3 Å². The van der Waals surface area contributed by atoms with Gasteiger partial charge in [-0.2, -0.15) is 0 Å². The lowest BCUT2D eigenvalue weighted by Crippen LogP contribution is -2.43. The van der Waals surface area contributed by atoms with Crippen molar-refractivity contribution in [1.82, 2.24) is 14.2 Å². The number of rotatable bonds is 6. The normalized spacial score (nSPS) is 16.4. The van der Waals surface area contributed by atoms with Gasteiger partial charge in [0.15, 0.2) is 0 Å². The van der Waals surface area contributed by atoms with Gasteiger partial charge in [0.2, 0.25) is 15.9 Å². The molecule has 0 N–H and O–H groups in total. The van der Waals surface area contributed by atoms with E-state index in [1.807, 2.05) is 42.6 Å². The van der Waals surface area contributed by atoms with Gasteiger partial charge < -0.3 is 4.90 Å². The van der Waals surface area contributed by atoms with Crippen LogP contribution in [-0.4, -0.2) is 48.7 Å². The number of hydrogen-bond acceptors (Lipinski definition) is 5. The first kappa shape index (κ1) is 20.0. The standard InChI is InChI=1S/C19H25N3O3S2/c1-15-13-26-18(20-15)12-21(2)19(23)17-8-10-22(11-9-17)27(24,25)14-16-6-4-3-5-7-16/h3-7,13,17H,8-12,14H2,1-2H3. The molecule has 1 aromatic heterocycles. The van der Waals surface area contributed by atoms with Crippen LogP contribution >= 0.6 is 11.3 Å². The lowest BCUT2D eigenvalue weighted by atomic mass is 9.97. The average Bonchev–Trinajstić information content (AvgIpc) is 3.06. The molecule has 3 rings (SSSR count). The predicted molar refractivity (Wildman–Crippen MR) is 107 cm³/mol. The second-order valence-corrected chi connectivity index (χ2v) is 9.90. The number of amides is 1. The van der Waals surface area contributed by atoms with Crippen molar-refractivity contribution in [3.8, 4) is 0 Å². The molecule has 2 aromatic rings. The molecule has 0 unspecified atom stereocenters. The van der Waals surface area contributed by atoms with E-state index in [9.17, 15) is 13.2 Å². The van der Waals surface area contributed by atoms with Crippen LogP contribution in [0.1, 0.15) is 29.1 Å². The fraction of sp³-hybridized carbons (Fsp3) is 0.474. The van der Waals surface area contributed by atoms with E-state index >= 15 is 0 Å². The Morgan fingerprint density at radius 2 is 1.93 bits per heavy atom. The van der Waals surface area contributed by atoms with E-state index in [1.54, 1.807) is 23.3 Å². The van der Waals surface area contributed by atoms with Gasteiger partial charge >= 0.3 is 0 Å². The topological polar surface area (TPSA) is 70.6 Å². The maximum absolute atomic E-state index is 12.7. The van der Waals surface area contributed by atoms with E-state index in [0.717, 1.165) is 16.3 Å². The third-order valence-corrected chi connectivity index (χ3v) is 7.61. The Bertz CT molecular complexity index is 873. The van der Waals surface area contributed by atoms with Gasteiger partial charge in [-0.25, -0.2) is 17.7 Å². The summed E-state index contributed by atoms with van der Waals surface area (Å²) in [5.74, 6) is -0.0438. The third-order valence-electron chi connectivity index (χ3n) is 4.80. The lowest BCUT2D eigenvalue weighted by Gasteiger charge is -2.32. The number of carbonyl (C=O) groups excluding carboxylic acids is 1. The SMILES string of the molecule is Cc1csc(CN(C)C(=O)C2CCN(S(=O)(=O)Cc3ccccc3)CC2)n1. The Morgan fingerprint density at radius 3 is 2.52 bits per heavy atom. The van der Waals surface area contributed by atoms with E-state index in [2.05, 4.69) is 4.98 Å². The van der Waals surface area contributed by atoms with Gasteiger partial charge in [0, 0.05) is 37.1 Å². The molecule has 0 aliphatic carbocycles. The number of sulfonamides is 1. The summed E-state index contributed by atoms with van der Waals surface area (Å²) in [6.45, 7) is 3.24. The zero-order valence-corrected chi connectivity index (χ0v) is 17.3. The summed E-state index contributed by atoms with van der Waals surface area (Å²) in [5, 5.41) is 2.90. The molecule has 0 bridgehead atoms. The van der Waals surface area contributed by atoms with Crippen molar-refractivity contribution in [1.29, 1.82) is 0 Å². The Balaban J connectivity index is 1.54. The second-order valence-electron chi connectivity index (χ2n) is 6.99. The molecule has 1 aromatic carbocycles. The molecular formula is C19H25N3O3S2. The van der Waals surface area contributed by atoms with Crippen molar-refractivity contribution in [3.05, 3.63) is 52.0 Å². The molecule has 27 heavy (non-hydrogen) atoms. The van der Waals surface area contributed by atoms with Crippen LogP contribution < -0.4 is 0 Å². The number of nitrogens with zero attached hydrogens (tertiary/aromatic N) is 3. The lowest BCUT2D eigenvalue weighted by molar-refractivity contribution is -0.135. The van der Waals surface area contributed by atoms with Crippen LogP contribution in [0, 0.1) is 12.8 Å². The quantitative estimate of drug-likeness (QED) is 0.738. The smallest absolute Gasteiger partial charge is 0.225 e. The van der Waals surface area contributed by atoms with Crippen LogP contribution in [0.5, 0.6) is 0 Å². The second kappa shape index (κ2) is 8.50. The minimum absolute atomic E-state index is 0.00968. The summed E-state index contributed by atoms with van der Waals surface area (Å²) < 4.78 is 26.8. The van der Waals surface area contributed by atoms with Crippen LogP contribution in [0.2, 0.25) is 0 Å². The summed E-state index contributed by atoms with van der Waals surface area (Å²) in [7, 11) is -1.56. The van der Waals surface area contributed by atoms with Gasteiger partial charge in [0.05, 0.1) is 12.3 Å². The molecule has 146 valence electrons. The zero-order valence-electron chi connectivity index (χ0n) is 15.7. The molecule has 1 amide bonds. The Morgan fingerprint density at radius 1 is 1.26 bits per heavy atom. The zero-order chi connectivity index (χ0) is 19.4. The molecule has 0 spiro atoms. The first-order chi connectivity index (χ1) is 12.8. The summed E-state index contributed by atoms with van der Waals surface area (Å²) in [4.78, 5) is 18.8. The van der Waals surface area contributed by atoms with Crippen LogP contribution in [0.25, 0.3) is 0 Å². The molecule has 0 saturated carbocycles. The highest BCUT2D eigenvalue weighted by Crippen LogP contribution is 2.24. The first-order valence-electron chi connectivity index (χ1n) is 9.03. The summed E-state index contributed by atoms with van der Waals surface area (Å²) >= 11 is 1.55. The highest BCUT2D eigenvalue weighted by atomic mass is 32.2. The predicted octanol–water partition coefficient (Wildman–Crippen LogP) is 2.65. The number of piperidine rings is 1. The van der Waals surface area contributed by atoms with Crippen molar-refractivity contribution in [2.24, 2.45) is 5.92 Å². The van der Waals surface area contributed by atoms with Gasteiger partial charge in [-0.3, -0.25) is 4.79 Å². The van der Waals surface area contributed by atoms with Crippen LogP contribution in [0.4, 0.5) is 0 Å². The minimum Gasteiger partial charge on any atom is -0.339 e. The summed E-state index contributed by atoms with van der Waals surface area (Å²) in [6, 6.07) is 9.20. The number of benzene rings is 1. The monoisotopic (exact) mass is 407 g/mol. The van der Waals surface area contributed by atoms with Gasteiger partial charge in [0.25, 0.3) is 0 Å². The average molecular weight is 408 g/mol. The first-order valence-corrected chi connectivity index (χ1v) is 11.5. The number of thiazole rings is 1. The molecule has 1 saturated heterocycles. The molecular weight excluding hydrogens is 382 g/mol. The van der Waals surface area contributed by atoms with Crippen LogP contribution in [-0.2, 0) is 27.1 Å². The van der Waals surface area contributed by atoms with E-state index in [1.165, 1.54) is 4.31 Å².